The lowest BCUT2D eigenvalue weighted by Crippen LogP contribution is -2.45. The van der Waals surface area contributed by atoms with E-state index in [-0.39, 0.29) is 17.9 Å². The number of carbonyl (C=O) groups is 1. The highest BCUT2D eigenvalue weighted by molar-refractivity contribution is 7.84. The Morgan fingerprint density at radius 1 is 1.67 bits per heavy atom. The molecule has 0 aromatic rings. The smallest absolute Gasteiger partial charge is 0.224 e. The Kier molecular flexibility index (Phi) is 5.25. The molecule has 1 fully saturated rings. The van der Waals surface area contributed by atoms with Gasteiger partial charge in [0.1, 0.15) is 0 Å². The second kappa shape index (κ2) is 6.23. The summed E-state index contributed by atoms with van der Waals surface area (Å²) in [6.07, 6.45) is 3.68. The normalized spacial score (nSPS) is 25.6. The Bertz CT molecular complexity index is 240. The Morgan fingerprint density at radius 3 is 2.93 bits per heavy atom. The van der Waals surface area contributed by atoms with Crippen molar-refractivity contribution >= 4 is 16.7 Å². The van der Waals surface area contributed by atoms with Crippen molar-refractivity contribution in [3.05, 3.63) is 0 Å². The minimum Gasteiger partial charge on any atom is -0.352 e. The van der Waals surface area contributed by atoms with E-state index in [1.54, 1.807) is 6.26 Å². The minimum atomic E-state index is -0.847. The van der Waals surface area contributed by atoms with Crippen LogP contribution in [0.2, 0.25) is 0 Å². The largest absolute Gasteiger partial charge is 0.352 e. The standard InChI is InChI=1S/C10H20N2O2S/c1-8(7-15(2)14)12-10(13)9-4-3-5-11-6-9/h8-9,11H,3-7H2,1-2H3,(H,12,13). The predicted molar refractivity (Wildman–Crippen MR) is 62.1 cm³/mol. The molecule has 0 bridgehead atoms. The van der Waals surface area contributed by atoms with Gasteiger partial charge in [0.15, 0.2) is 0 Å². The monoisotopic (exact) mass is 232 g/mol. The van der Waals surface area contributed by atoms with Crippen molar-refractivity contribution < 1.29 is 9.00 Å². The molecule has 15 heavy (non-hydrogen) atoms. The van der Waals surface area contributed by atoms with E-state index in [1.165, 1.54) is 0 Å². The molecule has 1 heterocycles. The molecule has 0 radical (unpaired) electrons. The maximum absolute atomic E-state index is 11.7. The third kappa shape index (κ3) is 4.75. The van der Waals surface area contributed by atoms with Gasteiger partial charge in [0.25, 0.3) is 0 Å². The Balaban J connectivity index is 2.30. The SMILES string of the molecule is CC(CS(C)=O)NC(=O)C1CCCNC1. The fraction of sp³-hybridized carbons (Fsp3) is 0.900. The van der Waals surface area contributed by atoms with Crippen LogP contribution in [-0.4, -0.2) is 41.3 Å². The third-order valence-electron chi connectivity index (χ3n) is 2.54. The fourth-order valence-corrected chi connectivity index (χ4v) is 2.62. The molecule has 4 nitrogen and oxygen atoms in total. The number of nitrogens with one attached hydrogen (secondary N) is 2. The van der Waals surface area contributed by atoms with Gasteiger partial charge in [-0.25, -0.2) is 0 Å². The van der Waals surface area contributed by atoms with Crippen LogP contribution < -0.4 is 10.6 Å². The van der Waals surface area contributed by atoms with Gasteiger partial charge in [0, 0.05) is 35.4 Å². The molecule has 1 rings (SSSR count). The molecule has 3 unspecified atom stereocenters. The van der Waals surface area contributed by atoms with E-state index >= 15 is 0 Å². The highest BCUT2D eigenvalue weighted by atomic mass is 32.2. The summed E-state index contributed by atoms with van der Waals surface area (Å²) in [5, 5.41) is 6.12. The molecule has 2 N–H and O–H groups in total. The van der Waals surface area contributed by atoms with Crippen molar-refractivity contribution in [2.75, 3.05) is 25.1 Å². The van der Waals surface area contributed by atoms with E-state index in [4.69, 9.17) is 0 Å². The topological polar surface area (TPSA) is 58.2 Å². The summed E-state index contributed by atoms with van der Waals surface area (Å²) in [5.74, 6) is 0.720. The van der Waals surface area contributed by atoms with Crippen molar-refractivity contribution in [3.8, 4) is 0 Å². The summed E-state index contributed by atoms with van der Waals surface area (Å²) in [6, 6.07) is 0.00487. The highest BCUT2D eigenvalue weighted by Gasteiger charge is 2.21. The Hall–Kier alpha value is -0.420. The van der Waals surface area contributed by atoms with Gasteiger partial charge in [-0.05, 0) is 26.3 Å². The molecule has 1 amide bonds. The maximum atomic E-state index is 11.7. The lowest BCUT2D eigenvalue weighted by Gasteiger charge is -2.23. The zero-order chi connectivity index (χ0) is 11.3. The van der Waals surface area contributed by atoms with Gasteiger partial charge >= 0.3 is 0 Å². The van der Waals surface area contributed by atoms with Crippen LogP contribution in [0.5, 0.6) is 0 Å². The molecular weight excluding hydrogens is 212 g/mol. The van der Waals surface area contributed by atoms with Crippen LogP contribution in [-0.2, 0) is 15.6 Å². The van der Waals surface area contributed by atoms with Crippen molar-refractivity contribution in [1.82, 2.24) is 10.6 Å². The van der Waals surface area contributed by atoms with Crippen LogP contribution in [0, 0.1) is 5.92 Å². The summed E-state index contributed by atoms with van der Waals surface area (Å²) in [4.78, 5) is 11.7. The summed E-state index contributed by atoms with van der Waals surface area (Å²) in [5.41, 5.74) is 0. The van der Waals surface area contributed by atoms with Crippen molar-refractivity contribution in [3.63, 3.8) is 0 Å². The van der Waals surface area contributed by atoms with Crippen LogP contribution >= 0.6 is 0 Å². The molecule has 0 aliphatic carbocycles. The molecular formula is C10H20N2O2S. The van der Waals surface area contributed by atoms with Crippen molar-refractivity contribution in [1.29, 1.82) is 0 Å². The Morgan fingerprint density at radius 2 is 2.40 bits per heavy atom. The summed E-state index contributed by atoms with van der Waals surface area (Å²) in [7, 11) is -0.847. The molecule has 5 heteroatoms. The molecule has 1 saturated heterocycles. The van der Waals surface area contributed by atoms with Crippen LogP contribution in [0.4, 0.5) is 0 Å². The van der Waals surface area contributed by atoms with E-state index in [0.717, 1.165) is 25.9 Å². The van der Waals surface area contributed by atoms with Crippen LogP contribution in [0.15, 0.2) is 0 Å². The van der Waals surface area contributed by atoms with E-state index in [9.17, 15) is 9.00 Å². The van der Waals surface area contributed by atoms with Gasteiger partial charge in [-0.15, -0.1) is 0 Å². The highest BCUT2D eigenvalue weighted by Crippen LogP contribution is 2.09. The van der Waals surface area contributed by atoms with Gasteiger partial charge in [-0.2, -0.15) is 0 Å². The van der Waals surface area contributed by atoms with Crippen molar-refractivity contribution in [2.45, 2.75) is 25.8 Å². The quantitative estimate of drug-likeness (QED) is 0.710. The van der Waals surface area contributed by atoms with E-state index < -0.39 is 10.8 Å². The minimum absolute atomic E-state index is 0.00487. The molecule has 0 spiro atoms. The average Bonchev–Trinajstić information content (AvgIpc) is 2.17. The van der Waals surface area contributed by atoms with E-state index in [1.807, 2.05) is 6.92 Å². The molecule has 88 valence electrons. The molecule has 3 atom stereocenters. The third-order valence-corrected chi connectivity index (χ3v) is 3.51. The second-order valence-electron chi connectivity index (χ2n) is 4.19. The van der Waals surface area contributed by atoms with Gasteiger partial charge in [0.2, 0.25) is 5.91 Å². The molecule has 0 saturated carbocycles. The number of hydrogen-bond donors (Lipinski definition) is 2. The lowest BCUT2D eigenvalue weighted by molar-refractivity contribution is -0.125. The van der Waals surface area contributed by atoms with Gasteiger partial charge in [-0.1, -0.05) is 0 Å². The second-order valence-corrected chi connectivity index (χ2v) is 5.67. The fourth-order valence-electron chi connectivity index (χ4n) is 1.83. The average molecular weight is 232 g/mol. The van der Waals surface area contributed by atoms with Crippen LogP contribution in [0.3, 0.4) is 0 Å². The van der Waals surface area contributed by atoms with Crippen LogP contribution in [0.25, 0.3) is 0 Å². The van der Waals surface area contributed by atoms with Crippen LogP contribution in [0.1, 0.15) is 19.8 Å². The van der Waals surface area contributed by atoms with Crippen molar-refractivity contribution in [2.24, 2.45) is 5.92 Å². The van der Waals surface area contributed by atoms with Gasteiger partial charge in [0.05, 0.1) is 5.92 Å². The zero-order valence-electron chi connectivity index (χ0n) is 9.41. The first-order valence-corrected chi connectivity index (χ1v) is 7.13. The maximum Gasteiger partial charge on any atom is 0.224 e. The first kappa shape index (κ1) is 12.6. The summed E-state index contributed by atoms with van der Waals surface area (Å²) in [6.45, 7) is 3.68. The number of rotatable bonds is 4. The number of hydrogen-bond acceptors (Lipinski definition) is 3. The van der Waals surface area contributed by atoms with Gasteiger partial charge < -0.3 is 10.6 Å². The Labute approximate surface area is 93.7 Å². The number of carbonyl (C=O) groups excluding carboxylic acids is 1. The molecule has 0 aromatic heterocycles. The zero-order valence-corrected chi connectivity index (χ0v) is 10.2. The molecule has 1 aliphatic heterocycles. The number of amides is 1. The first-order valence-electron chi connectivity index (χ1n) is 5.40. The predicted octanol–water partition coefficient (Wildman–Crippen LogP) is -0.131. The first-order chi connectivity index (χ1) is 7.09. The summed E-state index contributed by atoms with van der Waals surface area (Å²) < 4.78 is 11.0. The lowest BCUT2D eigenvalue weighted by atomic mass is 9.98. The van der Waals surface area contributed by atoms with E-state index in [2.05, 4.69) is 10.6 Å². The summed E-state index contributed by atoms with van der Waals surface area (Å²) >= 11 is 0. The number of piperidine rings is 1. The van der Waals surface area contributed by atoms with E-state index in [0.29, 0.717) is 5.75 Å². The van der Waals surface area contributed by atoms with Gasteiger partial charge in [-0.3, -0.25) is 9.00 Å². The molecule has 1 aliphatic rings. The molecule has 0 aromatic carbocycles.